The molecule has 0 saturated carbocycles. The molecule has 0 spiro atoms. The molecule has 3 heteroatoms. The summed E-state index contributed by atoms with van der Waals surface area (Å²) in [5.41, 5.74) is 0.930. The van der Waals surface area contributed by atoms with Crippen LogP contribution in [0.15, 0.2) is 28.8 Å². The summed E-state index contributed by atoms with van der Waals surface area (Å²) >= 11 is 5.16. The maximum absolute atomic E-state index is 5.16. The summed E-state index contributed by atoms with van der Waals surface area (Å²) in [4.78, 5) is 0. The molecule has 0 atom stereocenters. The van der Waals surface area contributed by atoms with Crippen LogP contribution < -0.4 is 4.74 Å². The number of methoxy groups -OCH3 is 1. The van der Waals surface area contributed by atoms with E-state index in [1.807, 2.05) is 24.3 Å². The van der Waals surface area contributed by atoms with E-state index in [4.69, 9.17) is 16.5 Å². The van der Waals surface area contributed by atoms with Crippen LogP contribution in [0.3, 0.4) is 0 Å². The van der Waals surface area contributed by atoms with Crippen molar-refractivity contribution in [1.82, 2.24) is 0 Å². The summed E-state index contributed by atoms with van der Waals surface area (Å²) in [7, 11) is 1.62. The summed E-state index contributed by atoms with van der Waals surface area (Å²) in [6.07, 6.45) is 1.56. The maximum Gasteiger partial charge on any atom is 0.119 e. The highest BCUT2D eigenvalue weighted by Gasteiger charge is 1.90. The van der Waals surface area contributed by atoms with Crippen LogP contribution >= 0.6 is 11.8 Å². The summed E-state index contributed by atoms with van der Waals surface area (Å²) < 4.78 is 8.37. The third-order valence-electron chi connectivity index (χ3n) is 1.29. The fourth-order valence-electron chi connectivity index (χ4n) is 0.778. The van der Waals surface area contributed by atoms with Crippen molar-refractivity contribution >= 4 is 18.0 Å². The molecule has 0 heterocycles. The Morgan fingerprint density at radius 3 is 3.00 bits per heavy atom. The van der Waals surface area contributed by atoms with Gasteiger partial charge in [0.15, 0.2) is 0 Å². The first-order valence-electron chi connectivity index (χ1n) is 3.15. The van der Waals surface area contributed by atoms with Crippen LogP contribution in [0.2, 0.25) is 0 Å². The number of hydrogen-bond donors (Lipinski definition) is 0. The Morgan fingerprint density at radius 2 is 2.36 bits per heavy atom. The zero-order chi connectivity index (χ0) is 8.10. The first kappa shape index (κ1) is 8.08. The van der Waals surface area contributed by atoms with E-state index in [1.54, 1.807) is 13.3 Å². The third-order valence-corrected chi connectivity index (χ3v) is 1.39. The number of halogens is 1. The molecule has 1 aromatic carbocycles. The number of ether oxygens (including phenoxy) is 1. The lowest BCUT2D eigenvalue weighted by molar-refractivity contribution is 0.415. The second-order valence-electron chi connectivity index (χ2n) is 2.00. The van der Waals surface area contributed by atoms with Gasteiger partial charge in [-0.3, -0.25) is 0 Å². The van der Waals surface area contributed by atoms with E-state index in [0.29, 0.717) is 0 Å². The molecule has 0 fully saturated rings. The zero-order valence-corrected chi connectivity index (χ0v) is 6.88. The first-order chi connectivity index (χ1) is 5.36. The molecule has 0 N–H and O–H groups in total. The Morgan fingerprint density at radius 1 is 1.55 bits per heavy atom. The van der Waals surface area contributed by atoms with Crippen LogP contribution in [-0.4, -0.2) is 13.3 Å². The summed E-state index contributed by atoms with van der Waals surface area (Å²) in [5.74, 6) is 0.805. The minimum atomic E-state index is 0.805. The van der Waals surface area contributed by atoms with Crippen LogP contribution in [0.25, 0.3) is 0 Å². The van der Waals surface area contributed by atoms with Crippen molar-refractivity contribution in [3.63, 3.8) is 0 Å². The Kier molecular flexibility index (Phi) is 2.93. The molecule has 0 amide bonds. The molecule has 0 aliphatic carbocycles. The first-order valence-corrected chi connectivity index (χ1v) is 3.49. The van der Waals surface area contributed by atoms with Gasteiger partial charge in [0.25, 0.3) is 0 Å². The molecule has 11 heavy (non-hydrogen) atoms. The predicted molar refractivity (Wildman–Crippen MR) is 46.4 cm³/mol. The van der Waals surface area contributed by atoms with Crippen molar-refractivity contribution in [2.45, 2.75) is 0 Å². The van der Waals surface area contributed by atoms with Gasteiger partial charge in [-0.25, -0.2) is 0 Å². The fourth-order valence-corrected chi connectivity index (χ4v) is 0.891. The minimum absolute atomic E-state index is 0.805. The van der Waals surface area contributed by atoms with Crippen molar-refractivity contribution in [1.29, 1.82) is 0 Å². The van der Waals surface area contributed by atoms with Crippen molar-refractivity contribution in [2.24, 2.45) is 4.51 Å². The number of hydrogen-bond acceptors (Lipinski definition) is 2. The molecule has 2 nitrogen and oxygen atoms in total. The molecule has 0 aliphatic heterocycles. The van der Waals surface area contributed by atoms with Crippen LogP contribution in [0, 0.1) is 0 Å². The average molecular weight is 170 g/mol. The number of benzene rings is 1. The summed E-state index contributed by atoms with van der Waals surface area (Å²) in [6.45, 7) is 0. The highest BCUT2D eigenvalue weighted by Crippen LogP contribution is 2.10. The fraction of sp³-hybridized carbons (Fsp3) is 0.125. The van der Waals surface area contributed by atoms with Gasteiger partial charge in [-0.1, -0.05) is 12.1 Å². The van der Waals surface area contributed by atoms with Gasteiger partial charge in [0, 0.05) is 18.0 Å². The quantitative estimate of drug-likeness (QED) is 0.623. The lowest BCUT2D eigenvalue weighted by Gasteiger charge is -1.98. The monoisotopic (exact) mass is 169 g/mol. The molecule has 0 radical (unpaired) electrons. The smallest absolute Gasteiger partial charge is 0.119 e. The van der Waals surface area contributed by atoms with E-state index in [-0.39, 0.29) is 0 Å². The predicted octanol–water partition coefficient (Wildman–Crippen LogP) is 2.27. The molecule has 1 aromatic rings. The van der Waals surface area contributed by atoms with E-state index in [9.17, 15) is 0 Å². The molecule has 0 aromatic heterocycles. The molecule has 0 saturated heterocycles. The second-order valence-corrected chi connectivity index (χ2v) is 2.20. The summed E-state index contributed by atoms with van der Waals surface area (Å²) in [6, 6.07) is 7.50. The van der Waals surface area contributed by atoms with Crippen LogP contribution in [-0.2, 0) is 0 Å². The standard InChI is InChI=1S/C8H8ClNO/c1-11-8-4-2-3-7(5-8)6-10-9/h2-6H,1H3. The molecule has 0 aliphatic rings. The maximum atomic E-state index is 5.16. The van der Waals surface area contributed by atoms with Crippen molar-refractivity contribution < 1.29 is 4.74 Å². The normalized spacial score (nSPS) is 10.4. The lowest BCUT2D eigenvalue weighted by Crippen LogP contribution is -1.84. The van der Waals surface area contributed by atoms with E-state index < -0.39 is 0 Å². The summed E-state index contributed by atoms with van der Waals surface area (Å²) in [5, 5.41) is 0. The highest BCUT2D eigenvalue weighted by molar-refractivity contribution is 6.18. The van der Waals surface area contributed by atoms with Gasteiger partial charge in [-0.15, -0.1) is 0 Å². The zero-order valence-electron chi connectivity index (χ0n) is 6.12. The molecular weight excluding hydrogens is 162 g/mol. The van der Waals surface area contributed by atoms with Gasteiger partial charge >= 0.3 is 0 Å². The van der Waals surface area contributed by atoms with E-state index in [1.165, 1.54) is 0 Å². The van der Waals surface area contributed by atoms with Gasteiger partial charge in [0.2, 0.25) is 0 Å². The van der Waals surface area contributed by atoms with Gasteiger partial charge in [0.05, 0.1) is 7.11 Å². The topological polar surface area (TPSA) is 21.6 Å². The van der Waals surface area contributed by atoms with Gasteiger partial charge < -0.3 is 4.74 Å². The van der Waals surface area contributed by atoms with E-state index in [0.717, 1.165) is 11.3 Å². The molecule has 0 bridgehead atoms. The molecular formula is C8H8ClNO. The van der Waals surface area contributed by atoms with Crippen molar-refractivity contribution in [3.8, 4) is 5.75 Å². The largest absolute Gasteiger partial charge is 0.497 e. The Bertz CT molecular complexity index is 260. The average Bonchev–Trinajstić information content (AvgIpc) is 2.06. The van der Waals surface area contributed by atoms with Crippen LogP contribution in [0.4, 0.5) is 0 Å². The Balaban J connectivity index is 2.91. The van der Waals surface area contributed by atoms with Crippen molar-refractivity contribution in [2.75, 3.05) is 7.11 Å². The molecule has 58 valence electrons. The van der Waals surface area contributed by atoms with Crippen molar-refractivity contribution in [3.05, 3.63) is 29.8 Å². The number of rotatable bonds is 2. The van der Waals surface area contributed by atoms with Gasteiger partial charge in [-0.2, -0.15) is 4.51 Å². The number of nitrogens with zero attached hydrogens (tertiary/aromatic N) is 1. The minimum Gasteiger partial charge on any atom is -0.497 e. The third kappa shape index (κ3) is 2.24. The second kappa shape index (κ2) is 3.98. The van der Waals surface area contributed by atoms with Gasteiger partial charge in [-0.05, 0) is 17.7 Å². The van der Waals surface area contributed by atoms with Gasteiger partial charge in [0.1, 0.15) is 5.75 Å². The Labute approximate surface area is 70.6 Å². The highest BCUT2D eigenvalue weighted by atomic mass is 35.5. The van der Waals surface area contributed by atoms with Crippen LogP contribution in [0.5, 0.6) is 5.75 Å². The molecule has 0 unspecified atom stereocenters. The lowest BCUT2D eigenvalue weighted by atomic mass is 10.2. The SMILES string of the molecule is COc1cccc(C=NCl)c1. The van der Waals surface area contributed by atoms with Crippen LogP contribution in [0.1, 0.15) is 5.56 Å². The van der Waals surface area contributed by atoms with E-state index in [2.05, 4.69) is 4.51 Å². The Hall–Kier alpha value is -1.02. The van der Waals surface area contributed by atoms with E-state index >= 15 is 0 Å². The molecule has 1 rings (SSSR count).